The van der Waals surface area contributed by atoms with Gasteiger partial charge < -0.3 is 9.67 Å². The van der Waals surface area contributed by atoms with Gasteiger partial charge in [0.2, 0.25) is 11.6 Å². The zero-order valence-electron chi connectivity index (χ0n) is 14.2. The maximum atomic E-state index is 12.1. The third kappa shape index (κ3) is 2.28. The maximum absolute atomic E-state index is 12.1. The van der Waals surface area contributed by atoms with Gasteiger partial charge in [-0.05, 0) is 0 Å². The number of aryl methyl sites for hydroxylation is 2. The number of H-pyrrole nitrogens is 1. The summed E-state index contributed by atoms with van der Waals surface area (Å²) in [6.07, 6.45) is 0. The summed E-state index contributed by atoms with van der Waals surface area (Å²) in [5.74, 6) is -0.743. The van der Waals surface area contributed by atoms with E-state index in [2.05, 4.69) is 20.2 Å². The molecular weight excluding hydrogens is 348 g/mol. The van der Waals surface area contributed by atoms with E-state index in [0.717, 1.165) is 13.7 Å². The van der Waals surface area contributed by atoms with Crippen LogP contribution in [0, 0.1) is 0 Å². The van der Waals surface area contributed by atoms with Crippen LogP contribution in [0.2, 0.25) is 0 Å². The summed E-state index contributed by atoms with van der Waals surface area (Å²) in [6.45, 7) is 0. The van der Waals surface area contributed by atoms with Crippen molar-refractivity contribution in [3.05, 3.63) is 41.7 Å². The smallest absolute Gasteiger partial charge is 0.333 e. The van der Waals surface area contributed by atoms with E-state index in [-0.39, 0.29) is 17.1 Å². The maximum Gasteiger partial charge on any atom is 0.333 e. The van der Waals surface area contributed by atoms with Gasteiger partial charge in [0, 0.05) is 28.2 Å². The average Bonchev–Trinajstić information content (AvgIpc) is 2.93. The third-order valence-electron chi connectivity index (χ3n) is 3.96. The second-order valence-electron chi connectivity index (χ2n) is 5.54. The minimum atomic E-state index is -0.849. The number of rotatable bonds is 2. The van der Waals surface area contributed by atoms with Gasteiger partial charge in [-0.2, -0.15) is 4.98 Å². The quantitative estimate of drug-likeness (QED) is 0.526. The van der Waals surface area contributed by atoms with Gasteiger partial charge in [0.1, 0.15) is 0 Å². The van der Waals surface area contributed by atoms with E-state index in [4.69, 9.17) is 0 Å². The molecule has 0 unspecified atom stereocenters. The van der Waals surface area contributed by atoms with Crippen molar-refractivity contribution in [1.82, 2.24) is 28.2 Å². The second kappa shape index (κ2) is 5.65. The van der Waals surface area contributed by atoms with Crippen molar-refractivity contribution < 1.29 is 5.11 Å². The topological polar surface area (TPSA) is 162 Å². The van der Waals surface area contributed by atoms with Gasteiger partial charge in [0.15, 0.2) is 11.2 Å². The second-order valence-corrected chi connectivity index (χ2v) is 5.54. The van der Waals surface area contributed by atoms with E-state index in [1.165, 1.54) is 32.8 Å². The minimum absolute atomic E-state index is 0.0767. The van der Waals surface area contributed by atoms with E-state index in [9.17, 15) is 24.3 Å². The van der Waals surface area contributed by atoms with Crippen LogP contribution in [0.1, 0.15) is 0 Å². The molecule has 0 saturated carbocycles. The number of aromatic hydroxyl groups is 1. The Morgan fingerprint density at radius 2 is 1.58 bits per heavy atom. The van der Waals surface area contributed by atoms with Gasteiger partial charge in [0.05, 0.1) is 0 Å². The van der Waals surface area contributed by atoms with E-state index < -0.39 is 34.1 Å². The highest BCUT2D eigenvalue weighted by Gasteiger charge is 2.17. The number of nitrogens with one attached hydrogen (secondary N) is 1. The summed E-state index contributed by atoms with van der Waals surface area (Å²) in [6, 6.07) is 0. The molecule has 0 amide bonds. The lowest BCUT2D eigenvalue weighted by atomic mass is 10.5. The molecule has 13 nitrogen and oxygen atoms in total. The summed E-state index contributed by atoms with van der Waals surface area (Å²) >= 11 is 0. The van der Waals surface area contributed by atoms with Gasteiger partial charge in [-0.25, -0.2) is 9.59 Å². The molecule has 0 aliphatic rings. The number of aromatic nitrogens is 6. The minimum Gasteiger partial charge on any atom is -0.493 e. The molecular formula is C13H14N8O5. The zero-order chi connectivity index (χ0) is 19.3. The molecule has 3 aromatic heterocycles. The predicted octanol–water partition coefficient (Wildman–Crippen LogP) is -1.52. The van der Waals surface area contributed by atoms with Gasteiger partial charge in [-0.15, -0.1) is 10.2 Å². The fraction of sp³-hybridized carbons (Fsp3) is 0.308. The summed E-state index contributed by atoms with van der Waals surface area (Å²) in [7, 11) is 5.39. The highest BCUT2D eigenvalue weighted by Crippen LogP contribution is 2.22. The van der Waals surface area contributed by atoms with E-state index in [1.54, 1.807) is 0 Å². The van der Waals surface area contributed by atoms with Crippen molar-refractivity contribution in [2.45, 2.75) is 0 Å². The van der Waals surface area contributed by atoms with Crippen molar-refractivity contribution in [1.29, 1.82) is 0 Å². The Bertz CT molecular complexity index is 1320. The van der Waals surface area contributed by atoms with Crippen LogP contribution in [0.3, 0.4) is 0 Å². The molecule has 3 aromatic rings. The molecule has 0 aliphatic heterocycles. The Hall–Kier alpha value is -3.77. The Balaban J connectivity index is 2.25. The van der Waals surface area contributed by atoms with Crippen molar-refractivity contribution in [3.63, 3.8) is 0 Å². The number of imidazole rings is 1. The summed E-state index contributed by atoms with van der Waals surface area (Å²) in [5.41, 5.74) is -3.18. The van der Waals surface area contributed by atoms with Crippen LogP contribution in [-0.4, -0.2) is 33.3 Å². The summed E-state index contributed by atoms with van der Waals surface area (Å²) < 4.78 is 4.00. The number of nitrogens with zero attached hydrogens (tertiary/aromatic N) is 7. The van der Waals surface area contributed by atoms with Crippen LogP contribution in [0.5, 0.6) is 5.88 Å². The Kier molecular flexibility index (Phi) is 3.71. The SMILES string of the molecule is Cn1c(O)c(N=Nc2nc3c(c(=O)[nH]c(=O)n3C)n2C)c(=O)n(C)c1=O. The molecule has 0 aliphatic carbocycles. The first-order chi connectivity index (χ1) is 12.1. The Morgan fingerprint density at radius 1 is 0.923 bits per heavy atom. The normalized spacial score (nSPS) is 11.7. The number of azo groups is 1. The van der Waals surface area contributed by atoms with Crippen LogP contribution in [-0.2, 0) is 28.2 Å². The molecule has 0 radical (unpaired) electrons. The van der Waals surface area contributed by atoms with E-state index in [1.807, 2.05) is 0 Å². The van der Waals surface area contributed by atoms with E-state index in [0.29, 0.717) is 0 Å². The first-order valence-electron chi connectivity index (χ1n) is 7.21. The highest BCUT2D eigenvalue weighted by atomic mass is 16.3. The predicted molar refractivity (Wildman–Crippen MR) is 89.3 cm³/mol. The largest absolute Gasteiger partial charge is 0.493 e. The molecule has 0 atom stereocenters. The number of fused-ring (bicyclic) bond motifs is 1. The lowest BCUT2D eigenvalue weighted by Crippen LogP contribution is -2.36. The molecule has 136 valence electrons. The van der Waals surface area contributed by atoms with Crippen LogP contribution in [0.25, 0.3) is 11.2 Å². The number of hydrogen-bond acceptors (Lipinski definition) is 8. The fourth-order valence-electron chi connectivity index (χ4n) is 2.38. The van der Waals surface area contributed by atoms with Gasteiger partial charge >= 0.3 is 11.4 Å². The van der Waals surface area contributed by atoms with Crippen LogP contribution in [0.4, 0.5) is 11.6 Å². The fourth-order valence-corrected chi connectivity index (χ4v) is 2.38. The summed E-state index contributed by atoms with van der Waals surface area (Å²) in [4.78, 5) is 53.6. The molecule has 3 rings (SSSR count). The van der Waals surface area contributed by atoms with E-state index >= 15 is 0 Å². The van der Waals surface area contributed by atoms with Crippen molar-refractivity contribution in [3.8, 4) is 5.88 Å². The third-order valence-corrected chi connectivity index (χ3v) is 3.96. The van der Waals surface area contributed by atoms with Gasteiger partial charge in [0.25, 0.3) is 17.1 Å². The Morgan fingerprint density at radius 3 is 2.23 bits per heavy atom. The number of aromatic amines is 1. The molecule has 2 N–H and O–H groups in total. The Labute approximate surface area is 143 Å². The monoisotopic (exact) mass is 362 g/mol. The molecule has 3 heterocycles. The lowest BCUT2D eigenvalue weighted by Gasteiger charge is -2.05. The number of hydrogen-bond donors (Lipinski definition) is 2. The van der Waals surface area contributed by atoms with Crippen LogP contribution < -0.4 is 22.5 Å². The van der Waals surface area contributed by atoms with Crippen LogP contribution >= 0.6 is 0 Å². The first kappa shape index (κ1) is 17.1. The lowest BCUT2D eigenvalue weighted by molar-refractivity contribution is 0.413. The highest BCUT2D eigenvalue weighted by molar-refractivity contribution is 5.73. The molecule has 0 bridgehead atoms. The van der Waals surface area contributed by atoms with Gasteiger partial charge in [-0.1, -0.05) is 0 Å². The summed E-state index contributed by atoms with van der Waals surface area (Å²) in [5, 5.41) is 17.4. The average molecular weight is 362 g/mol. The van der Waals surface area contributed by atoms with Crippen molar-refractivity contribution >= 4 is 22.8 Å². The van der Waals surface area contributed by atoms with Crippen LogP contribution in [0.15, 0.2) is 29.4 Å². The molecule has 0 saturated heterocycles. The molecule has 0 aromatic carbocycles. The molecule has 26 heavy (non-hydrogen) atoms. The van der Waals surface area contributed by atoms with Crippen molar-refractivity contribution in [2.75, 3.05) is 0 Å². The zero-order valence-corrected chi connectivity index (χ0v) is 14.2. The molecule has 0 fully saturated rings. The molecule has 0 spiro atoms. The standard InChI is InChI=1S/C13H14N8O5/c1-18-6-7(19(2)12(25)15-8(6)22)14-11(18)17-16-5-9(23)20(3)13(26)21(4)10(5)24/h23H,1-4H3,(H,15,22,25). The van der Waals surface area contributed by atoms with Gasteiger partial charge in [-0.3, -0.25) is 28.3 Å². The van der Waals surface area contributed by atoms with Crippen molar-refractivity contribution in [2.24, 2.45) is 38.4 Å². The molecule has 13 heteroatoms. The first-order valence-corrected chi connectivity index (χ1v) is 7.21.